The van der Waals surface area contributed by atoms with E-state index in [2.05, 4.69) is 20.3 Å². The number of anilines is 2. The minimum absolute atomic E-state index is 0.00724. The first kappa shape index (κ1) is 13.4. The first-order valence-electron chi connectivity index (χ1n) is 5.92. The highest BCUT2D eigenvalue weighted by Crippen LogP contribution is 2.21. The van der Waals surface area contributed by atoms with E-state index in [-0.39, 0.29) is 5.91 Å². The van der Waals surface area contributed by atoms with Gasteiger partial charge in [0.15, 0.2) is 5.13 Å². The lowest BCUT2D eigenvalue weighted by Gasteiger charge is -2.14. The van der Waals surface area contributed by atoms with E-state index in [0.29, 0.717) is 13.1 Å². The van der Waals surface area contributed by atoms with E-state index in [1.54, 1.807) is 24.2 Å². The average molecular weight is 277 g/mol. The van der Waals surface area contributed by atoms with Crippen molar-refractivity contribution in [3.05, 3.63) is 29.8 Å². The minimum atomic E-state index is 0.00724. The van der Waals surface area contributed by atoms with Crippen LogP contribution in [0, 0.1) is 0 Å². The molecule has 0 saturated carbocycles. The van der Waals surface area contributed by atoms with Gasteiger partial charge in [-0.15, -0.1) is 11.3 Å². The van der Waals surface area contributed by atoms with Gasteiger partial charge in [-0.1, -0.05) is 0 Å². The Hall–Kier alpha value is -2.02. The van der Waals surface area contributed by atoms with Crippen LogP contribution in [0.25, 0.3) is 0 Å². The van der Waals surface area contributed by atoms with Crippen molar-refractivity contribution in [1.29, 1.82) is 0 Å². The number of rotatable bonds is 5. The maximum absolute atomic E-state index is 11.4. The fraction of sp³-hybridized carbons (Fsp3) is 0.333. The van der Waals surface area contributed by atoms with Gasteiger partial charge in [0.25, 0.3) is 0 Å². The maximum Gasteiger partial charge on any atom is 0.225 e. The first-order valence-corrected chi connectivity index (χ1v) is 6.80. The topological polar surface area (TPSA) is 71.0 Å². The monoisotopic (exact) mass is 277 g/mol. The molecule has 0 radical (unpaired) electrons. The zero-order valence-electron chi connectivity index (χ0n) is 10.8. The number of amides is 1. The Balaban J connectivity index is 1.99. The molecule has 0 saturated heterocycles. The molecule has 0 aliphatic rings. The summed E-state index contributed by atoms with van der Waals surface area (Å²) in [5, 5.41) is 5.85. The van der Waals surface area contributed by atoms with Gasteiger partial charge < -0.3 is 5.32 Å². The lowest BCUT2D eigenvalue weighted by Crippen LogP contribution is -2.27. The molecule has 0 fully saturated rings. The lowest BCUT2D eigenvalue weighted by atomic mass is 10.4. The molecule has 0 aromatic carbocycles. The molecule has 0 bridgehead atoms. The number of thiazole rings is 1. The van der Waals surface area contributed by atoms with Crippen LogP contribution in [0.1, 0.15) is 19.5 Å². The van der Waals surface area contributed by atoms with Crippen molar-refractivity contribution in [3.63, 3.8) is 0 Å². The number of carbonyl (C=O) groups is 1. The van der Waals surface area contributed by atoms with Crippen LogP contribution in [0.5, 0.6) is 0 Å². The summed E-state index contributed by atoms with van der Waals surface area (Å²) in [7, 11) is 0. The van der Waals surface area contributed by atoms with Crippen molar-refractivity contribution in [2.45, 2.75) is 20.4 Å². The van der Waals surface area contributed by atoms with Crippen LogP contribution in [0.15, 0.2) is 24.1 Å². The highest BCUT2D eigenvalue weighted by atomic mass is 32.1. The largest absolute Gasteiger partial charge is 0.377 e. The van der Waals surface area contributed by atoms with Gasteiger partial charge in [-0.2, -0.15) is 0 Å². The lowest BCUT2D eigenvalue weighted by molar-refractivity contribution is -0.116. The van der Waals surface area contributed by atoms with Crippen LogP contribution in [-0.4, -0.2) is 27.4 Å². The van der Waals surface area contributed by atoms with Crippen molar-refractivity contribution in [2.75, 3.05) is 16.8 Å². The molecule has 100 valence electrons. The summed E-state index contributed by atoms with van der Waals surface area (Å²) >= 11 is 1.47. The molecular weight excluding hydrogens is 262 g/mol. The number of nitrogens with zero attached hydrogens (tertiary/aromatic N) is 4. The molecule has 2 rings (SSSR count). The molecule has 1 N–H and O–H groups in total. The summed E-state index contributed by atoms with van der Waals surface area (Å²) in [5.41, 5.74) is 1.74. The van der Waals surface area contributed by atoms with Gasteiger partial charge in [0.2, 0.25) is 5.91 Å². The standard InChI is InChI=1S/C12H15N5OS/c1-3-17(9(2)18)12-16-11(7-19-12)6-15-10-4-13-8-14-5-10/h4-5,7-8,15H,3,6H2,1-2H3. The van der Waals surface area contributed by atoms with Crippen LogP contribution >= 0.6 is 11.3 Å². The van der Waals surface area contributed by atoms with Gasteiger partial charge in [0, 0.05) is 18.8 Å². The van der Waals surface area contributed by atoms with E-state index in [1.165, 1.54) is 17.7 Å². The Morgan fingerprint density at radius 1 is 1.42 bits per heavy atom. The summed E-state index contributed by atoms with van der Waals surface area (Å²) in [4.78, 5) is 25.4. The summed E-state index contributed by atoms with van der Waals surface area (Å²) in [5.74, 6) is 0.00724. The molecule has 2 heterocycles. The second kappa shape index (κ2) is 6.24. The predicted molar refractivity (Wildman–Crippen MR) is 75.2 cm³/mol. The molecule has 2 aromatic heterocycles. The van der Waals surface area contributed by atoms with Gasteiger partial charge in [-0.05, 0) is 6.92 Å². The molecule has 0 unspecified atom stereocenters. The summed E-state index contributed by atoms with van der Waals surface area (Å²) in [6, 6.07) is 0. The van der Waals surface area contributed by atoms with Crippen LogP contribution in [0.4, 0.5) is 10.8 Å². The number of carbonyl (C=O) groups excluding carboxylic acids is 1. The molecule has 7 heteroatoms. The Morgan fingerprint density at radius 2 is 2.16 bits per heavy atom. The smallest absolute Gasteiger partial charge is 0.225 e. The van der Waals surface area contributed by atoms with Crippen molar-refractivity contribution < 1.29 is 4.79 Å². The molecule has 1 amide bonds. The quantitative estimate of drug-likeness (QED) is 0.904. The fourth-order valence-electron chi connectivity index (χ4n) is 1.58. The Labute approximate surface area is 115 Å². The first-order chi connectivity index (χ1) is 9.20. The molecule has 0 aliphatic carbocycles. The predicted octanol–water partition coefficient (Wildman–Crippen LogP) is 1.92. The molecule has 0 spiro atoms. The van der Waals surface area contributed by atoms with Gasteiger partial charge in [-0.3, -0.25) is 9.69 Å². The van der Waals surface area contributed by atoms with Crippen LogP contribution in [-0.2, 0) is 11.3 Å². The zero-order chi connectivity index (χ0) is 13.7. The maximum atomic E-state index is 11.4. The molecular formula is C12H15N5OS. The van der Waals surface area contributed by atoms with Crippen molar-refractivity contribution >= 4 is 28.1 Å². The van der Waals surface area contributed by atoms with Gasteiger partial charge >= 0.3 is 0 Å². The Morgan fingerprint density at radius 3 is 2.79 bits per heavy atom. The Bertz CT molecular complexity index is 542. The highest BCUT2D eigenvalue weighted by molar-refractivity contribution is 7.14. The van der Waals surface area contributed by atoms with Crippen LogP contribution in [0.2, 0.25) is 0 Å². The van der Waals surface area contributed by atoms with Crippen molar-refractivity contribution in [1.82, 2.24) is 15.0 Å². The third-order valence-electron chi connectivity index (χ3n) is 2.50. The number of hydrogen-bond donors (Lipinski definition) is 1. The fourth-order valence-corrected chi connectivity index (χ4v) is 2.51. The van der Waals surface area contributed by atoms with E-state index in [4.69, 9.17) is 0 Å². The van der Waals surface area contributed by atoms with E-state index in [0.717, 1.165) is 16.5 Å². The normalized spacial score (nSPS) is 10.2. The molecule has 2 aromatic rings. The third-order valence-corrected chi connectivity index (χ3v) is 3.41. The van der Waals surface area contributed by atoms with E-state index >= 15 is 0 Å². The van der Waals surface area contributed by atoms with E-state index < -0.39 is 0 Å². The summed E-state index contributed by atoms with van der Waals surface area (Å²) < 4.78 is 0. The van der Waals surface area contributed by atoms with E-state index in [9.17, 15) is 4.79 Å². The average Bonchev–Trinajstić information content (AvgIpc) is 2.87. The number of hydrogen-bond acceptors (Lipinski definition) is 6. The minimum Gasteiger partial charge on any atom is -0.377 e. The zero-order valence-corrected chi connectivity index (χ0v) is 11.6. The summed E-state index contributed by atoms with van der Waals surface area (Å²) in [6.07, 6.45) is 4.89. The van der Waals surface area contributed by atoms with Crippen LogP contribution < -0.4 is 10.2 Å². The van der Waals surface area contributed by atoms with Crippen molar-refractivity contribution in [3.8, 4) is 0 Å². The SMILES string of the molecule is CCN(C(C)=O)c1nc(CNc2cncnc2)cs1. The second-order valence-corrected chi connectivity index (χ2v) is 4.70. The number of nitrogens with one attached hydrogen (secondary N) is 1. The van der Waals surface area contributed by atoms with Crippen molar-refractivity contribution in [2.24, 2.45) is 0 Å². The summed E-state index contributed by atoms with van der Waals surface area (Å²) in [6.45, 7) is 4.69. The third kappa shape index (κ3) is 3.47. The van der Waals surface area contributed by atoms with Gasteiger partial charge in [0.1, 0.15) is 6.33 Å². The molecule has 0 atom stereocenters. The van der Waals surface area contributed by atoms with Gasteiger partial charge in [0.05, 0.1) is 30.3 Å². The van der Waals surface area contributed by atoms with Crippen LogP contribution in [0.3, 0.4) is 0 Å². The second-order valence-electron chi connectivity index (χ2n) is 3.87. The Kier molecular flexibility index (Phi) is 4.40. The highest BCUT2D eigenvalue weighted by Gasteiger charge is 2.13. The number of aromatic nitrogens is 3. The molecule has 19 heavy (non-hydrogen) atoms. The van der Waals surface area contributed by atoms with E-state index in [1.807, 2.05) is 12.3 Å². The molecule has 6 nitrogen and oxygen atoms in total. The molecule has 0 aliphatic heterocycles. The van der Waals surface area contributed by atoms with Gasteiger partial charge in [-0.25, -0.2) is 15.0 Å².